The fourth-order valence-corrected chi connectivity index (χ4v) is 4.50. The van der Waals surface area contributed by atoms with Gasteiger partial charge in [0.2, 0.25) is 5.91 Å². The lowest BCUT2D eigenvalue weighted by atomic mass is 9.82. The summed E-state index contributed by atoms with van der Waals surface area (Å²) >= 11 is 0. The van der Waals surface area contributed by atoms with E-state index in [1.54, 1.807) is 0 Å². The third-order valence-electron chi connectivity index (χ3n) is 6.16. The highest BCUT2D eigenvalue weighted by Gasteiger charge is 2.46. The maximum atomic E-state index is 12.6. The number of H-pyrrole nitrogens is 1. The summed E-state index contributed by atoms with van der Waals surface area (Å²) in [6.07, 6.45) is 8.37. The fourth-order valence-electron chi connectivity index (χ4n) is 4.50. The minimum Gasteiger partial charge on any atom is -0.350 e. The largest absolute Gasteiger partial charge is 0.350 e. The predicted octanol–water partition coefficient (Wildman–Crippen LogP) is 3.39. The SMILES string of the molecule is CCCCc1ncc(CN2CCC3(CC2)CC(c2ccccc2)C(=O)N3)[nH]1. The van der Waals surface area contributed by atoms with E-state index >= 15 is 0 Å². The third-order valence-corrected chi connectivity index (χ3v) is 6.16. The molecule has 3 heterocycles. The molecule has 0 bridgehead atoms. The van der Waals surface area contributed by atoms with Crippen LogP contribution in [-0.4, -0.2) is 39.4 Å². The van der Waals surface area contributed by atoms with Gasteiger partial charge in [0, 0.05) is 43.5 Å². The van der Waals surface area contributed by atoms with E-state index in [1.165, 1.54) is 18.5 Å². The van der Waals surface area contributed by atoms with Gasteiger partial charge in [-0.3, -0.25) is 9.69 Å². The molecule has 144 valence electrons. The van der Waals surface area contributed by atoms with Crippen molar-refractivity contribution in [3.63, 3.8) is 0 Å². The molecule has 4 rings (SSSR count). The van der Waals surface area contributed by atoms with Crippen molar-refractivity contribution >= 4 is 5.91 Å². The number of likely N-dealkylation sites (tertiary alicyclic amines) is 1. The molecule has 1 unspecified atom stereocenters. The second-order valence-electron chi connectivity index (χ2n) is 8.17. The minimum absolute atomic E-state index is 0.00600. The topological polar surface area (TPSA) is 61.0 Å². The first kappa shape index (κ1) is 18.2. The van der Waals surface area contributed by atoms with Crippen LogP contribution in [0.15, 0.2) is 36.5 Å². The van der Waals surface area contributed by atoms with E-state index in [4.69, 9.17) is 0 Å². The highest BCUT2D eigenvalue weighted by atomic mass is 16.2. The molecule has 0 radical (unpaired) electrons. The number of carbonyl (C=O) groups excluding carboxylic acids is 1. The number of rotatable bonds is 6. The summed E-state index contributed by atoms with van der Waals surface area (Å²) < 4.78 is 0. The number of imidazole rings is 1. The van der Waals surface area contributed by atoms with E-state index in [1.807, 2.05) is 24.4 Å². The summed E-state index contributed by atoms with van der Waals surface area (Å²) in [6.45, 7) is 5.17. The lowest BCUT2D eigenvalue weighted by molar-refractivity contribution is -0.121. The van der Waals surface area contributed by atoms with E-state index in [0.29, 0.717) is 0 Å². The van der Waals surface area contributed by atoms with E-state index < -0.39 is 0 Å². The second kappa shape index (κ2) is 7.85. The van der Waals surface area contributed by atoms with Gasteiger partial charge in [-0.05, 0) is 31.2 Å². The van der Waals surface area contributed by atoms with Gasteiger partial charge >= 0.3 is 0 Å². The van der Waals surface area contributed by atoms with E-state index in [0.717, 1.165) is 56.7 Å². The maximum absolute atomic E-state index is 12.6. The van der Waals surface area contributed by atoms with Crippen molar-refractivity contribution in [2.24, 2.45) is 0 Å². The Kier molecular flexibility index (Phi) is 5.30. The van der Waals surface area contributed by atoms with Crippen molar-refractivity contribution in [1.29, 1.82) is 0 Å². The maximum Gasteiger partial charge on any atom is 0.228 e. The van der Waals surface area contributed by atoms with Gasteiger partial charge in [0.1, 0.15) is 5.82 Å². The quantitative estimate of drug-likeness (QED) is 0.824. The average molecular weight is 367 g/mol. The van der Waals surface area contributed by atoms with Crippen LogP contribution in [0.25, 0.3) is 0 Å². The van der Waals surface area contributed by atoms with Gasteiger partial charge in [-0.2, -0.15) is 0 Å². The number of hydrogen-bond acceptors (Lipinski definition) is 3. The molecule has 5 heteroatoms. The Morgan fingerprint density at radius 3 is 2.74 bits per heavy atom. The summed E-state index contributed by atoms with van der Waals surface area (Å²) in [6, 6.07) is 10.2. The summed E-state index contributed by atoms with van der Waals surface area (Å²) in [4.78, 5) is 23.0. The first-order valence-electron chi connectivity index (χ1n) is 10.3. The third kappa shape index (κ3) is 4.08. The van der Waals surface area contributed by atoms with Crippen molar-refractivity contribution in [1.82, 2.24) is 20.2 Å². The number of nitrogens with zero attached hydrogens (tertiary/aromatic N) is 2. The van der Waals surface area contributed by atoms with Crippen LogP contribution in [0, 0.1) is 0 Å². The Morgan fingerprint density at radius 2 is 2.00 bits per heavy atom. The molecule has 5 nitrogen and oxygen atoms in total. The van der Waals surface area contributed by atoms with E-state index in [-0.39, 0.29) is 17.4 Å². The highest BCUT2D eigenvalue weighted by Crippen LogP contribution is 2.39. The standard InChI is InChI=1S/C22H30N4O/c1-2-3-9-20-23-15-18(24-20)16-26-12-10-22(11-13-26)14-19(21(27)25-22)17-7-5-4-6-8-17/h4-8,15,19H,2-3,9-14,16H2,1H3,(H,23,24)(H,25,27). The van der Waals surface area contributed by atoms with Gasteiger partial charge in [0.05, 0.1) is 5.92 Å². The number of nitrogens with one attached hydrogen (secondary N) is 2. The predicted molar refractivity (Wildman–Crippen MR) is 106 cm³/mol. The van der Waals surface area contributed by atoms with Gasteiger partial charge in [-0.1, -0.05) is 43.7 Å². The van der Waals surface area contributed by atoms with Crippen molar-refractivity contribution in [2.75, 3.05) is 13.1 Å². The molecule has 2 aliphatic heterocycles. The Morgan fingerprint density at radius 1 is 1.22 bits per heavy atom. The van der Waals surface area contributed by atoms with Crippen LogP contribution < -0.4 is 5.32 Å². The number of unbranched alkanes of at least 4 members (excludes halogenated alkanes) is 1. The molecular formula is C22H30N4O. The molecule has 0 aliphatic carbocycles. The molecule has 2 N–H and O–H groups in total. The fraction of sp³-hybridized carbons (Fsp3) is 0.545. The molecule has 2 aliphatic rings. The van der Waals surface area contributed by atoms with Crippen molar-refractivity contribution in [2.45, 2.75) is 63.5 Å². The zero-order valence-electron chi connectivity index (χ0n) is 16.2. The van der Waals surface area contributed by atoms with Crippen molar-refractivity contribution in [3.8, 4) is 0 Å². The number of hydrogen-bond donors (Lipinski definition) is 2. The van der Waals surface area contributed by atoms with E-state index in [9.17, 15) is 4.79 Å². The number of carbonyl (C=O) groups is 1. The molecule has 2 saturated heterocycles. The molecule has 1 aromatic heterocycles. The molecule has 1 spiro atoms. The molecule has 27 heavy (non-hydrogen) atoms. The van der Waals surface area contributed by atoms with Crippen LogP contribution in [0.1, 0.15) is 62.0 Å². The lowest BCUT2D eigenvalue weighted by Crippen LogP contribution is -2.50. The van der Waals surface area contributed by atoms with Gasteiger partial charge in [0.25, 0.3) is 0 Å². The van der Waals surface area contributed by atoms with Crippen LogP contribution in [0.3, 0.4) is 0 Å². The highest BCUT2D eigenvalue weighted by molar-refractivity contribution is 5.87. The molecule has 2 aromatic rings. The Hall–Kier alpha value is -2.14. The molecule has 1 amide bonds. The normalized spacial score (nSPS) is 22.3. The zero-order chi connectivity index (χ0) is 18.7. The first-order chi connectivity index (χ1) is 13.2. The zero-order valence-corrected chi connectivity index (χ0v) is 16.2. The monoisotopic (exact) mass is 366 g/mol. The number of aryl methyl sites for hydroxylation is 1. The summed E-state index contributed by atoms with van der Waals surface area (Å²) in [5.74, 6) is 1.31. The van der Waals surface area contributed by atoms with E-state index in [2.05, 4.69) is 39.2 Å². The molecule has 1 atom stereocenters. The Balaban J connectivity index is 1.32. The summed E-state index contributed by atoms with van der Waals surface area (Å²) in [5.41, 5.74) is 2.33. The van der Waals surface area contributed by atoms with Crippen molar-refractivity contribution in [3.05, 3.63) is 53.6 Å². The number of benzene rings is 1. The van der Waals surface area contributed by atoms with Gasteiger partial charge in [-0.25, -0.2) is 4.98 Å². The molecular weight excluding hydrogens is 336 g/mol. The van der Waals surface area contributed by atoms with Gasteiger partial charge < -0.3 is 10.3 Å². The van der Waals surface area contributed by atoms with Crippen LogP contribution in [0.4, 0.5) is 0 Å². The number of aromatic nitrogens is 2. The molecule has 0 saturated carbocycles. The average Bonchev–Trinajstić information content (AvgIpc) is 3.27. The van der Waals surface area contributed by atoms with Crippen LogP contribution in [0.2, 0.25) is 0 Å². The number of amides is 1. The summed E-state index contributed by atoms with van der Waals surface area (Å²) in [5, 5.41) is 3.34. The van der Waals surface area contributed by atoms with Crippen LogP contribution in [-0.2, 0) is 17.8 Å². The van der Waals surface area contributed by atoms with Gasteiger partial charge in [0.15, 0.2) is 0 Å². The molecule has 2 fully saturated rings. The number of piperidine rings is 1. The van der Waals surface area contributed by atoms with Crippen LogP contribution in [0.5, 0.6) is 0 Å². The van der Waals surface area contributed by atoms with Crippen LogP contribution >= 0.6 is 0 Å². The van der Waals surface area contributed by atoms with Crippen molar-refractivity contribution < 1.29 is 4.79 Å². The van der Waals surface area contributed by atoms with Gasteiger partial charge in [-0.15, -0.1) is 0 Å². The molecule has 1 aromatic carbocycles. The first-order valence-corrected chi connectivity index (χ1v) is 10.3. The summed E-state index contributed by atoms with van der Waals surface area (Å²) in [7, 11) is 0. The number of aromatic amines is 1. The second-order valence-corrected chi connectivity index (χ2v) is 8.17. The Bertz CT molecular complexity index is 762. The Labute approximate surface area is 161 Å². The smallest absolute Gasteiger partial charge is 0.228 e. The minimum atomic E-state index is -0.0195. The lowest BCUT2D eigenvalue weighted by Gasteiger charge is -2.39.